The molecule has 140 valence electrons. The molecular formula is C18H32O6. The van der Waals surface area contributed by atoms with Crippen molar-refractivity contribution in [2.75, 3.05) is 19.8 Å². The molecule has 1 aliphatic heterocycles. The number of carbonyl (C=O) groups excluding carboxylic acids is 2. The summed E-state index contributed by atoms with van der Waals surface area (Å²) >= 11 is 0. The summed E-state index contributed by atoms with van der Waals surface area (Å²) in [5.74, 6) is -0.504. The minimum atomic E-state index is -0.900. The predicted octanol–water partition coefficient (Wildman–Crippen LogP) is 4.35. The Morgan fingerprint density at radius 3 is 2.38 bits per heavy atom. The molecule has 0 aromatic heterocycles. The predicted molar refractivity (Wildman–Crippen MR) is 89.6 cm³/mol. The van der Waals surface area contributed by atoms with E-state index in [0.29, 0.717) is 0 Å². The van der Waals surface area contributed by atoms with Gasteiger partial charge in [0.05, 0.1) is 6.61 Å². The van der Waals surface area contributed by atoms with Crippen molar-refractivity contribution in [2.45, 2.75) is 83.8 Å². The van der Waals surface area contributed by atoms with Crippen molar-refractivity contribution in [2.24, 2.45) is 0 Å². The zero-order valence-electron chi connectivity index (χ0n) is 14.9. The fraction of sp³-hybridized carbons (Fsp3) is 0.889. The van der Waals surface area contributed by atoms with Gasteiger partial charge in [-0.15, -0.1) is 0 Å². The molecule has 1 atom stereocenters. The first-order valence-corrected chi connectivity index (χ1v) is 9.33. The van der Waals surface area contributed by atoms with E-state index in [9.17, 15) is 9.59 Å². The Morgan fingerprint density at radius 2 is 1.71 bits per heavy atom. The van der Waals surface area contributed by atoms with Crippen LogP contribution in [0.2, 0.25) is 0 Å². The Kier molecular flexibility index (Phi) is 12.4. The van der Waals surface area contributed by atoms with Crippen LogP contribution in [0.25, 0.3) is 0 Å². The minimum absolute atomic E-state index is 0.0214. The van der Waals surface area contributed by atoms with Crippen LogP contribution in [0.3, 0.4) is 0 Å². The van der Waals surface area contributed by atoms with Gasteiger partial charge in [0.1, 0.15) is 0 Å². The molecule has 0 aliphatic carbocycles. The summed E-state index contributed by atoms with van der Waals surface area (Å²) < 4.78 is 20.2. The molecule has 0 saturated carbocycles. The maximum atomic E-state index is 11.3. The highest BCUT2D eigenvalue weighted by Gasteiger charge is 2.13. The fourth-order valence-corrected chi connectivity index (χ4v) is 2.60. The van der Waals surface area contributed by atoms with E-state index in [1.807, 2.05) is 0 Å². The van der Waals surface area contributed by atoms with Gasteiger partial charge in [0.25, 0.3) is 0 Å². The van der Waals surface area contributed by atoms with Crippen LogP contribution < -0.4 is 0 Å². The number of ether oxygens (including phenoxy) is 4. The van der Waals surface area contributed by atoms with Crippen LogP contribution in [0, 0.1) is 0 Å². The van der Waals surface area contributed by atoms with E-state index in [1.165, 1.54) is 12.8 Å². The lowest BCUT2D eigenvalue weighted by Crippen LogP contribution is -2.22. The second-order valence-electron chi connectivity index (χ2n) is 6.05. The molecular weight excluding hydrogens is 312 g/mol. The number of unbranched alkanes of at least 4 members (excludes halogenated alkanes) is 6. The number of rotatable bonds is 12. The maximum Gasteiger partial charge on any atom is 0.516 e. The molecule has 0 aromatic carbocycles. The van der Waals surface area contributed by atoms with Gasteiger partial charge >= 0.3 is 12.1 Å². The lowest BCUT2D eigenvalue weighted by Gasteiger charge is -2.22. The summed E-state index contributed by atoms with van der Waals surface area (Å²) in [4.78, 5) is 22.3. The van der Waals surface area contributed by atoms with Gasteiger partial charge in [-0.05, 0) is 39.0 Å². The molecule has 1 heterocycles. The molecule has 0 N–H and O–H groups in total. The maximum absolute atomic E-state index is 11.3. The number of hydrogen-bond donors (Lipinski definition) is 0. The molecule has 1 unspecified atom stereocenters. The van der Waals surface area contributed by atoms with Gasteiger partial charge in [0.15, 0.2) is 6.29 Å². The Hall–Kier alpha value is -1.14. The average molecular weight is 344 g/mol. The molecule has 1 saturated heterocycles. The van der Waals surface area contributed by atoms with E-state index in [4.69, 9.17) is 9.47 Å². The second kappa shape index (κ2) is 14.2. The topological polar surface area (TPSA) is 71.1 Å². The van der Waals surface area contributed by atoms with Crippen molar-refractivity contribution in [3.63, 3.8) is 0 Å². The number of hydrogen-bond acceptors (Lipinski definition) is 6. The first kappa shape index (κ1) is 20.9. The second-order valence-corrected chi connectivity index (χ2v) is 6.05. The van der Waals surface area contributed by atoms with Crippen LogP contribution in [0.5, 0.6) is 0 Å². The lowest BCUT2D eigenvalue weighted by atomic mass is 10.1. The highest BCUT2D eigenvalue weighted by molar-refractivity contribution is 5.81. The minimum Gasteiger partial charge on any atom is -0.434 e. The smallest absolute Gasteiger partial charge is 0.434 e. The molecule has 0 aromatic rings. The molecule has 0 radical (unpaired) electrons. The third-order valence-corrected chi connectivity index (χ3v) is 3.93. The standard InChI is InChI=1S/C18H32O6/c1-2-21-18(20)24-16(19)12-8-6-4-3-5-7-10-14-22-17-13-9-11-15-23-17/h17H,2-15H2,1H3. The summed E-state index contributed by atoms with van der Waals surface area (Å²) in [7, 11) is 0. The van der Waals surface area contributed by atoms with E-state index < -0.39 is 12.1 Å². The summed E-state index contributed by atoms with van der Waals surface area (Å²) in [5.41, 5.74) is 0. The quantitative estimate of drug-likeness (QED) is 0.298. The summed E-state index contributed by atoms with van der Waals surface area (Å²) in [5, 5.41) is 0. The Morgan fingerprint density at radius 1 is 1.00 bits per heavy atom. The number of carbonyl (C=O) groups is 2. The highest BCUT2D eigenvalue weighted by Crippen LogP contribution is 2.15. The Bertz CT molecular complexity index is 338. The zero-order valence-corrected chi connectivity index (χ0v) is 14.9. The van der Waals surface area contributed by atoms with E-state index in [2.05, 4.69) is 9.47 Å². The van der Waals surface area contributed by atoms with Crippen molar-refractivity contribution in [1.82, 2.24) is 0 Å². The zero-order chi connectivity index (χ0) is 17.5. The van der Waals surface area contributed by atoms with Gasteiger partial charge in [0.2, 0.25) is 0 Å². The summed E-state index contributed by atoms with van der Waals surface area (Å²) in [6, 6.07) is 0. The van der Waals surface area contributed by atoms with Crippen LogP contribution in [0.1, 0.15) is 77.6 Å². The van der Waals surface area contributed by atoms with E-state index in [1.54, 1.807) is 6.92 Å². The molecule has 24 heavy (non-hydrogen) atoms. The highest BCUT2D eigenvalue weighted by atomic mass is 16.7. The molecule has 1 fully saturated rings. The summed E-state index contributed by atoms with van der Waals surface area (Å²) in [6.45, 7) is 3.49. The molecule has 1 aliphatic rings. The molecule has 0 spiro atoms. The first-order valence-electron chi connectivity index (χ1n) is 9.33. The lowest BCUT2D eigenvalue weighted by molar-refractivity contribution is -0.162. The normalized spacial score (nSPS) is 17.5. The molecule has 6 heteroatoms. The van der Waals surface area contributed by atoms with E-state index >= 15 is 0 Å². The molecule has 0 amide bonds. The third-order valence-electron chi connectivity index (χ3n) is 3.93. The Balaban J connectivity index is 1.80. The monoisotopic (exact) mass is 344 g/mol. The molecule has 1 rings (SSSR count). The van der Waals surface area contributed by atoms with Gasteiger partial charge in [0, 0.05) is 19.6 Å². The number of esters is 1. The van der Waals surface area contributed by atoms with E-state index in [-0.39, 0.29) is 19.3 Å². The van der Waals surface area contributed by atoms with E-state index in [0.717, 1.165) is 64.6 Å². The molecule has 0 bridgehead atoms. The fourth-order valence-electron chi connectivity index (χ4n) is 2.60. The van der Waals surface area contributed by atoms with Gasteiger partial charge in [-0.3, -0.25) is 4.79 Å². The van der Waals surface area contributed by atoms with Crippen molar-refractivity contribution >= 4 is 12.1 Å². The van der Waals surface area contributed by atoms with Gasteiger partial charge in [-0.2, -0.15) is 0 Å². The van der Waals surface area contributed by atoms with Crippen LogP contribution in [-0.2, 0) is 23.7 Å². The molecule has 6 nitrogen and oxygen atoms in total. The first-order chi connectivity index (χ1) is 11.7. The largest absolute Gasteiger partial charge is 0.516 e. The van der Waals surface area contributed by atoms with Crippen molar-refractivity contribution in [3.8, 4) is 0 Å². The van der Waals surface area contributed by atoms with Gasteiger partial charge in [-0.25, -0.2) is 4.79 Å². The Labute approximate surface area is 145 Å². The van der Waals surface area contributed by atoms with Crippen molar-refractivity contribution in [1.29, 1.82) is 0 Å². The van der Waals surface area contributed by atoms with Gasteiger partial charge < -0.3 is 18.9 Å². The van der Waals surface area contributed by atoms with Crippen LogP contribution in [0.15, 0.2) is 0 Å². The summed E-state index contributed by atoms with van der Waals surface area (Å²) in [6.07, 6.45) is 10.2. The van der Waals surface area contributed by atoms with Crippen molar-refractivity contribution in [3.05, 3.63) is 0 Å². The van der Waals surface area contributed by atoms with Crippen LogP contribution in [0.4, 0.5) is 4.79 Å². The average Bonchev–Trinajstić information content (AvgIpc) is 2.57. The van der Waals surface area contributed by atoms with Crippen molar-refractivity contribution < 1.29 is 28.5 Å². The van der Waals surface area contributed by atoms with Crippen LogP contribution in [-0.4, -0.2) is 38.2 Å². The SMILES string of the molecule is CCOC(=O)OC(=O)CCCCCCCCCOC1CCCCO1. The third kappa shape index (κ3) is 11.4. The van der Waals surface area contributed by atoms with Crippen LogP contribution >= 0.6 is 0 Å². The van der Waals surface area contributed by atoms with Gasteiger partial charge in [-0.1, -0.05) is 32.1 Å².